The number of hydrogen-bond donors (Lipinski definition) is 1. The molecule has 112 valence electrons. The van der Waals surface area contributed by atoms with E-state index in [-0.39, 0.29) is 6.04 Å². The summed E-state index contributed by atoms with van der Waals surface area (Å²) >= 11 is 0. The Bertz CT molecular complexity index is 602. The molecule has 1 N–H and O–H groups in total. The van der Waals surface area contributed by atoms with E-state index < -0.39 is 0 Å². The number of ether oxygens (including phenoxy) is 1. The lowest BCUT2D eigenvalue weighted by molar-refractivity contribution is 0.250. The van der Waals surface area contributed by atoms with E-state index in [1.165, 1.54) is 5.56 Å². The molecule has 0 amide bonds. The van der Waals surface area contributed by atoms with Crippen molar-refractivity contribution in [2.24, 2.45) is 0 Å². The van der Waals surface area contributed by atoms with Gasteiger partial charge in [-0.3, -0.25) is 0 Å². The number of rotatable bonds is 5. The fourth-order valence-electron chi connectivity index (χ4n) is 3.01. The molecule has 1 aromatic heterocycles. The fourth-order valence-corrected chi connectivity index (χ4v) is 3.01. The lowest BCUT2D eigenvalue weighted by Gasteiger charge is -2.38. The summed E-state index contributed by atoms with van der Waals surface area (Å²) in [7, 11) is 1.74. The Morgan fingerprint density at radius 1 is 1.33 bits per heavy atom. The number of para-hydroxylation sites is 1. The van der Waals surface area contributed by atoms with E-state index in [1.54, 1.807) is 13.3 Å². The highest BCUT2D eigenvalue weighted by Crippen LogP contribution is 2.41. The van der Waals surface area contributed by atoms with Gasteiger partial charge in [0.05, 0.1) is 19.3 Å². The van der Waals surface area contributed by atoms with Crippen molar-refractivity contribution in [1.82, 2.24) is 10.3 Å². The first-order chi connectivity index (χ1) is 10.2. The van der Waals surface area contributed by atoms with Gasteiger partial charge >= 0.3 is 0 Å². The van der Waals surface area contributed by atoms with Crippen LogP contribution in [0, 0.1) is 6.92 Å². The Morgan fingerprint density at radius 3 is 2.76 bits per heavy atom. The second kappa shape index (κ2) is 5.90. The lowest BCUT2D eigenvalue weighted by atomic mass is 9.75. The highest BCUT2D eigenvalue weighted by molar-refractivity contribution is 5.37. The van der Waals surface area contributed by atoms with Crippen LogP contribution in [-0.2, 0) is 0 Å². The molecule has 1 aromatic carbocycles. The van der Waals surface area contributed by atoms with Crippen LogP contribution in [-0.4, -0.2) is 18.1 Å². The Balaban J connectivity index is 1.56. The molecule has 1 atom stereocenters. The number of oxazole rings is 1. The van der Waals surface area contributed by atoms with E-state index in [9.17, 15) is 0 Å². The van der Waals surface area contributed by atoms with Crippen LogP contribution in [0.1, 0.15) is 48.9 Å². The van der Waals surface area contributed by atoms with Crippen molar-refractivity contribution in [1.29, 1.82) is 0 Å². The summed E-state index contributed by atoms with van der Waals surface area (Å²) in [5.41, 5.74) is 1.32. The van der Waals surface area contributed by atoms with Gasteiger partial charge in [0.2, 0.25) is 5.89 Å². The Hall–Kier alpha value is -1.81. The highest BCUT2D eigenvalue weighted by atomic mass is 16.5. The highest BCUT2D eigenvalue weighted by Gasteiger charge is 2.33. The molecule has 1 saturated carbocycles. The van der Waals surface area contributed by atoms with Crippen molar-refractivity contribution in [3.63, 3.8) is 0 Å². The van der Waals surface area contributed by atoms with E-state index in [0.29, 0.717) is 12.0 Å². The molecule has 0 saturated heterocycles. The van der Waals surface area contributed by atoms with Crippen LogP contribution >= 0.6 is 0 Å². The third-order valence-corrected chi connectivity index (χ3v) is 4.21. The van der Waals surface area contributed by atoms with E-state index in [2.05, 4.69) is 29.4 Å². The molecule has 1 aliphatic carbocycles. The van der Waals surface area contributed by atoms with Crippen molar-refractivity contribution >= 4 is 0 Å². The summed E-state index contributed by atoms with van der Waals surface area (Å²) in [6.45, 7) is 4.02. The molecule has 3 rings (SSSR count). The van der Waals surface area contributed by atoms with Gasteiger partial charge in [-0.2, -0.15) is 0 Å². The standard InChI is InChI=1S/C17H22N2O2/c1-11-10-18-17(21-11)12(2)19-14-8-13(9-14)15-6-4-5-7-16(15)20-3/h4-7,10,12-14,19H,8-9H2,1-3H3. The average Bonchev–Trinajstić information content (AvgIpc) is 2.89. The Labute approximate surface area is 125 Å². The number of methoxy groups -OCH3 is 1. The van der Waals surface area contributed by atoms with Crippen LogP contribution in [0.4, 0.5) is 0 Å². The van der Waals surface area contributed by atoms with Gasteiger partial charge in [-0.1, -0.05) is 18.2 Å². The summed E-state index contributed by atoms with van der Waals surface area (Å²) in [6.07, 6.45) is 4.03. The molecule has 1 unspecified atom stereocenters. The van der Waals surface area contributed by atoms with Gasteiger partial charge in [-0.25, -0.2) is 4.98 Å². The molecule has 1 aliphatic rings. The number of hydrogen-bond acceptors (Lipinski definition) is 4. The number of nitrogens with one attached hydrogen (secondary N) is 1. The summed E-state index contributed by atoms with van der Waals surface area (Å²) in [4.78, 5) is 4.28. The summed E-state index contributed by atoms with van der Waals surface area (Å²) in [6, 6.07) is 8.97. The molecular weight excluding hydrogens is 264 g/mol. The van der Waals surface area contributed by atoms with Crippen LogP contribution < -0.4 is 10.1 Å². The first kappa shape index (κ1) is 14.1. The van der Waals surface area contributed by atoms with Gasteiger partial charge in [0.15, 0.2) is 0 Å². The van der Waals surface area contributed by atoms with Crippen molar-refractivity contribution in [3.05, 3.63) is 47.7 Å². The number of aryl methyl sites for hydroxylation is 1. The van der Waals surface area contributed by atoms with Gasteiger partial charge in [0.1, 0.15) is 11.5 Å². The first-order valence-electron chi connectivity index (χ1n) is 7.48. The van der Waals surface area contributed by atoms with Gasteiger partial charge < -0.3 is 14.5 Å². The zero-order valence-corrected chi connectivity index (χ0v) is 12.8. The SMILES string of the molecule is COc1ccccc1C1CC(NC(C)c2ncc(C)o2)C1. The maximum Gasteiger partial charge on any atom is 0.211 e. The van der Waals surface area contributed by atoms with Gasteiger partial charge in [0.25, 0.3) is 0 Å². The topological polar surface area (TPSA) is 47.3 Å². The minimum absolute atomic E-state index is 0.155. The lowest BCUT2D eigenvalue weighted by Crippen LogP contribution is -2.41. The summed E-state index contributed by atoms with van der Waals surface area (Å²) < 4.78 is 11.0. The van der Waals surface area contributed by atoms with E-state index in [0.717, 1.165) is 30.2 Å². The largest absolute Gasteiger partial charge is 0.496 e. The molecular formula is C17H22N2O2. The predicted molar refractivity (Wildman–Crippen MR) is 81.5 cm³/mol. The van der Waals surface area contributed by atoms with Crippen molar-refractivity contribution in [2.45, 2.75) is 44.7 Å². The number of nitrogens with zero attached hydrogens (tertiary/aromatic N) is 1. The zero-order chi connectivity index (χ0) is 14.8. The van der Waals surface area contributed by atoms with Crippen LogP contribution in [0.2, 0.25) is 0 Å². The Kier molecular flexibility index (Phi) is 3.97. The predicted octanol–water partition coefficient (Wildman–Crippen LogP) is 3.59. The fraction of sp³-hybridized carbons (Fsp3) is 0.471. The molecule has 0 bridgehead atoms. The average molecular weight is 286 g/mol. The first-order valence-corrected chi connectivity index (χ1v) is 7.48. The molecule has 21 heavy (non-hydrogen) atoms. The molecule has 0 spiro atoms. The second-order valence-electron chi connectivity index (χ2n) is 5.80. The smallest absolute Gasteiger partial charge is 0.211 e. The summed E-state index contributed by atoms with van der Waals surface area (Å²) in [5.74, 6) is 3.21. The molecule has 4 nitrogen and oxygen atoms in total. The second-order valence-corrected chi connectivity index (χ2v) is 5.80. The monoisotopic (exact) mass is 286 g/mol. The van der Waals surface area contributed by atoms with E-state index >= 15 is 0 Å². The van der Waals surface area contributed by atoms with Crippen LogP contribution in [0.25, 0.3) is 0 Å². The molecule has 2 aromatic rings. The minimum Gasteiger partial charge on any atom is -0.496 e. The summed E-state index contributed by atoms with van der Waals surface area (Å²) in [5, 5.41) is 3.59. The maximum atomic E-state index is 5.57. The van der Waals surface area contributed by atoms with Gasteiger partial charge in [-0.05, 0) is 44.2 Å². The van der Waals surface area contributed by atoms with E-state index in [1.807, 2.05) is 19.1 Å². The molecule has 0 aliphatic heterocycles. The number of aromatic nitrogens is 1. The minimum atomic E-state index is 0.155. The van der Waals surface area contributed by atoms with Gasteiger partial charge in [-0.15, -0.1) is 0 Å². The molecule has 1 fully saturated rings. The molecule has 1 heterocycles. The van der Waals surface area contributed by atoms with Crippen molar-refractivity contribution < 1.29 is 9.15 Å². The van der Waals surface area contributed by atoms with Crippen LogP contribution in [0.15, 0.2) is 34.9 Å². The Morgan fingerprint density at radius 2 is 2.10 bits per heavy atom. The maximum absolute atomic E-state index is 5.57. The van der Waals surface area contributed by atoms with Crippen molar-refractivity contribution in [2.75, 3.05) is 7.11 Å². The normalized spacial score (nSPS) is 22.6. The number of benzene rings is 1. The van der Waals surface area contributed by atoms with Crippen LogP contribution in [0.5, 0.6) is 5.75 Å². The van der Waals surface area contributed by atoms with Crippen molar-refractivity contribution in [3.8, 4) is 5.75 Å². The third-order valence-electron chi connectivity index (χ3n) is 4.21. The van der Waals surface area contributed by atoms with Crippen LogP contribution in [0.3, 0.4) is 0 Å². The molecule has 4 heteroatoms. The van der Waals surface area contributed by atoms with E-state index in [4.69, 9.17) is 9.15 Å². The zero-order valence-electron chi connectivity index (χ0n) is 12.8. The van der Waals surface area contributed by atoms with Gasteiger partial charge in [0, 0.05) is 6.04 Å². The quantitative estimate of drug-likeness (QED) is 0.912. The third kappa shape index (κ3) is 2.95. The molecule has 0 radical (unpaired) electrons.